The van der Waals surface area contributed by atoms with Gasteiger partial charge in [0.15, 0.2) is 0 Å². The summed E-state index contributed by atoms with van der Waals surface area (Å²) in [6, 6.07) is 79.7. The SMILES string of the molecule is CC(C)(C)c1cc(N2[CH-]N(c3cc(C(C)(C)C)cc(C(C)(C)C)c3)c3ccccc32)[c-]c(C(c2[c-]c3c(cc2)c2ccccc2n3-c2cc(C(C)(C)c3ccccc3)ccn2)(c2ccccc2)c2ccccc2)c1.[Pt]. The minimum atomic E-state index is -0.875. The summed E-state index contributed by atoms with van der Waals surface area (Å²) in [5.41, 5.74) is 15.6. The van der Waals surface area contributed by atoms with Crippen LogP contribution < -0.4 is 9.80 Å². The van der Waals surface area contributed by atoms with E-state index in [9.17, 15) is 0 Å². The molecule has 0 unspecified atom stereocenters. The largest absolute Gasteiger partial charge is 0.493 e. The molecule has 5 heteroatoms. The smallest absolute Gasteiger partial charge is 0.135 e. The molecule has 0 N–H and O–H groups in total. The summed E-state index contributed by atoms with van der Waals surface area (Å²) in [4.78, 5) is 9.89. The quantitative estimate of drug-likeness (QED) is 0.106. The Balaban J connectivity index is 0.00000641. The zero-order chi connectivity index (χ0) is 51.8. The fourth-order valence-corrected chi connectivity index (χ4v) is 11.1. The molecule has 0 amide bonds. The molecule has 0 spiro atoms. The van der Waals surface area contributed by atoms with Gasteiger partial charge in [-0.25, -0.2) is 4.98 Å². The van der Waals surface area contributed by atoms with Crippen molar-refractivity contribution in [3.05, 3.63) is 269 Å². The maximum Gasteiger partial charge on any atom is 0.135 e. The monoisotopic (exact) mass is 1160 g/mol. The molecule has 4 nitrogen and oxygen atoms in total. The van der Waals surface area contributed by atoms with Gasteiger partial charge in [-0.15, -0.1) is 34.9 Å². The summed E-state index contributed by atoms with van der Waals surface area (Å²) >= 11 is 0. The van der Waals surface area contributed by atoms with Crippen LogP contribution in [-0.2, 0) is 48.1 Å². The van der Waals surface area contributed by atoms with Gasteiger partial charge in [-0.05, 0) is 97.5 Å². The van der Waals surface area contributed by atoms with E-state index in [1.807, 2.05) is 6.20 Å². The number of anilines is 4. The molecule has 0 fully saturated rings. The van der Waals surface area contributed by atoms with Gasteiger partial charge in [0.05, 0.1) is 0 Å². The van der Waals surface area contributed by atoms with Crippen molar-refractivity contribution in [3.63, 3.8) is 0 Å². The van der Waals surface area contributed by atoms with Crippen LogP contribution >= 0.6 is 0 Å². The molecule has 0 radical (unpaired) electrons. The van der Waals surface area contributed by atoms with Crippen LogP contribution in [0.3, 0.4) is 0 Å². The zero-order valence-corrected chi connectivity index (χ0v) is 47.5. The second kappa shape index (κ2) is 19.3. The fourth-order valence-electron chi connectivity index (χ4n) is 11.1. The maximum absolute atomic E-state index is 5.15. The molecule has 0 atom stereocenters. The second-order valence-electron chi connectivity index (χ2n) is 23.9. The number of aromatic nitrogens is 2. The van der Waals surface area contributed by atoms with Crippen LogP contribution in [0.1, 0.15) is 126 Å². The van der Waals surface area contributed by atoms with Crippen molar-refractivity contribution < 1.29 is 21.1 Å². The Morgan fingerprint density at radius 2 is 0.933 bits per heavy atom. The Labute approximate surface area is 460 Å². The van der Waals surface area contributed by atoms with Gasteiger partial charge in [0, 0.05) is 60.7 Å². The first-order valence-corrected chi connectivity index (χ1v) is 26.2. The summed E-state index contributed by atoms with van der Waals surface area (Å²) in [6.45, 7) is 27.7. The van der Waals surface area contributed by atoms with Crippen LogP contribution in [0.25, 0.3) is 27.6 Å². The average Bonchev–Trinajstić information content (AvgIpc) is 3.95. The molecule has 0 bridgehead atoms. The van der Waals surface area contributed by atoms with Gasteiger partial charge in [0.1, 0.15) is 5.82 Å². The molecule has 3 heterocycles. The van der Waals surface area contributed by atoms with Crippen molar-refractivity contribution in [1.82, 2.24) is 9.55 Å². The number of hydrogen-bond acceptors (Lipinski definition) is 3. The Morgan fingerprint density at radius 1 is 0.413 bits per heavy atom. The molecular weight excluding hydrogens is 1090 g/mol. The Kier molecular flexibility index (Phi) is 13.2. The molecular formula is C70H67N4Pt-3. The number of rotatable bonds is 9. The van der Waals surface area contributed by atoms with Crippen molar-refractivity contribution in [2.24, 2.45) is 0 Å². The second-order valence-corrected chi connectivity index (χ2v) is 23.9. The van der Waals surface area contributed by atoms with Crippen LogP contribution in [0.5, 0.6) is 0 Å². The van der Waals surface area contributed by atoms with Crippen LogP contribution in [0.2, 0.25) is 0 Å². The van der Waals surface area contributed by atoms with E-state index in [0.717, 1.165) is 72.6 Å². The third kappa shape index (κ3) is 9.14. The standard InChI is InChI=1S/C70H67N4.Pt/c1-66(2,3)53-39-54(67(4,5)6)42-57(41-53)72-47-73(63-34-24-23-33-62(63)72)58-43-55(68(7,8)9)40-56(44-58)70(49-27-17-13-18-28-49,50-29-19-14-20-30-50)52-35-36-60-59-31-21-22-32-61(59)74(64(60)45-52)65-46-51(37-38-71-65)69(10,11)48-25-15-12-16-26-48;/h12-43,46-47H,1-11H3;/q-3;. The van der Waals surface area contributed by atoms with Gasteiger partial charge in [-0.2, -0.15) is 35.9 Å². The molecule has 0 saturated carbocycles. The topological polar surface area (TPSA) is 24.3 Å². The first-order chi connectivity index (χ1) is 35.3. The molecule has 1 aliphatic heterocycles. The van der Waals surface area contributed by atoms with E-state index in [0.29, 0.717) is 0 Å². The number of para-hydroxylation sites is 3. The van der Waals surface area contributed by atoms with Crippen LogP contribution in [0, 0.1) is 18.8 Å². The van der Waals surface area contributed by atoms with Gasteiger partial charge in [-0.3, -0.25) is 0 Å². The first-order valence-electron chi connectivity index (χ1n) is 26.2. The summed E-state index contributed by atoms with van der Waals surface area (Å²) in [5.74, 6) is 0.857. The van der Waals surface area contributed by atoms with E-state index in [1.54, 1.807) is 0 Å². The molecule has 8 aromatic carbocycles. The van der Waals surface area contributed by atoms with Crippen molar-refractivity contribution >= 4 is 44.6 Å². The number of benzene rings is 8. The van der Waals surface area contributed by atoms with Gasteiger partial charge in [0.2, 0.25) is 0 Å². The Hall–Kier alpha value is -7.00. The summed E-state index contributed by atoms with van der Waals surface area (Å²) < 4.78 is 2.32. The van der Waals surface area contributed by atoms with Gasteiger partial charge < -0.3 is 14.4 Å². The van der Waals surface area contributed by atoms with E-state index in [4.69, 9.17) is 4.98 Å². The number of nitrogens with zero attached hydrogens (tertiary/aromatic N) is 4. The van der Waals surface area contributed by atoms with Crippen LogP contribution in [0.4, 0.5) is 22.7 Å². The molecule has 0 saturated heterocycles. The summed E-state index contributed by atoms with van der Waals surface area (Å²) in [5, 5.41) is 2.28. The third-order valence-electron chi connectivity index (χ3n) is 15.5. The van der Waals surface area contributed by atoms with Crippen LogP contribution in [-0.4, -0.2) is 9.55 Å². The molecule has 0 aliphatic carbocycles. The van der Waals surface area contributed by atoms with Crippen molar-refractivity contribution in [2.45, 2.75) is 103 Å². The number of pyridine rings is 1. The van der Waals surface area contributed by atoms with E-state index < -0.39 is 5.41 Å². The van der Waals surface area contributed by atoms with Crippen molar-refractivity contribution in [3.8, 4) is 5.82 Å². The van der Waals surface area contributed by atoms with E-state index in [1.165, 1.54) is 27.8 Å². The molecule has 1 aliphatic rings. The average molecular weight is 1160 g/mol. The predicted molar refractivity (Wildman–Crippen MR) is 311 cm³/mol. The number of hydrogen-bond donors (Lipinski definition) is 0. The first kappa shape index (κ1) is 51.5. The molecule has 2 aromatic heterocycles. The molecule has 75 heavy (non-hydrogen) atoms. The number of fused-ring (bicyclic) bond motifs is 4. The van der Waals surface area contributed by atoms with Gasteiger partial charge in [0.25, 0.3) is 0 Å². The normalized spacial score (nSPS) is 13.3. The fraction of sp³-hybridized carbons (Fsp3) is 0.229. The molecule has 10 aromatic rings. The molecule has 11 rings (SSSR count). The van der Waals surface area contributed by atoms with E-state index in [-0.39, 0.29) is 42.7 Å². The molecule has 380 valence electrons. The summed E-state index contributed by atoms with van der Waals surface area (Å²) in [6.07, 6.45) is 1.96. The van der Waals surface area contributed by atoms with Crippen molar-refractivity contribution in [2.75, 3.05) is 9.80 Å². The summed E-state index contributed by atoms with van der Waals surface area (Å²) in [7, 11) is 0. The zero-order valence-electron chi connectivity index (χ0n) is 45.2. The van der Waals surface area contributed by atoms with E-state index in [2.05, 4.69) is 303 Å². The Bertz CT molecular complexity index is 3610. The Morgan fingerprint density at radius 3 is 1.52 bits per heavy atom. The van der Waals surface area contributed by atoms with Gasteiger partial charge >= 0.3 is 0 Å². The van der Waals surface area contributed by atoms with Crippen molar-refractivity contribution in [1.29, 1.82) is 0 Å². The predicted octanol–water partition coefficient (Wildman–Crippen LogP) is 17.8. The maximum atomic E-state index is 5.15. The minimum absolute atomic E-state index is 0. The third-order valence-corrected chi connectivity index (χ3v) is 15.5. The van der Waals surface area contributed by atoms with Crippen LogP contribution in [0.15, 0.2) is 200 Å². The van der Waals surface area contributed by atoms with Gasteiger partial charge in [-0.1, -0.05) is 209 Å². The van der Waals surface area contributed by atoms with E-state index >= 15 is 0 Å². The minimum Gasteiger partial charge on any atom is -0.493 e.